The molecule has 0 heterocycles. The molecular formula is C11H17NO2. The molecule has 2 N–H and O–H groups in total. The SMILES string of the molecule is CCCC(=O)NC1C2C=CC(C2)C1O. The average Bonchev–Trinajstić information content (AvgIpc) is 2.70. The smallest absolute Gasteiger partial charge is 0.220 e. The summed E-state index contributed by atoms with van der Waals surface area (Å²) in [6, 6.07) is -0.0379. The van der Waals surface area contributed by atoms with E-state index in [2.05, 4.69) is 17.5 Å². The number of amides is 1. The topological polar surface area (TPSA) is 49.3 Å². The molecule has 4 atom stereocenters. The van der Waals surface area contributed by atoms with Gasteiger partial charge in [0.15, 0.2) is 0 Å². The van der Waals surface area contributed by atoms with Gasteiger partial charge in [-0.05, 0) is 12.8 Å². The fourth-order valence-corrected chi connectivity index (χ4v) is 2.47. The Morgan fingerprint density at radius 3 is 2.79 bits per heavy atom. The maximum absolute atomic E-state index is 11.4. The first kappa shape index (κ1) is 9.71. The largest absolute Gasteiger partial charge is 0.390 e. The van der Waals surface area contributed by atoms with Crippen LogP contribution < -0.4 is 5.32 Å². The Labute approximate surface area is 84.2 Å². The predicted molar refractivity (Wildman–Crippen MR) is 53.6 cm³/mol. The molecule has 14 heavy (non-hydrogen) atoms. The molecule has 0 saturated heterocycles. The zero-order valence-corrected chi connectivity index (χ0v) is 8.44. The van der Waals surface area contributed by atoms with E-state index in [0.717, 1.165) is 12.8 Å². The van der Waals surface area contributed by atoms with Gasteiger partial charge in [0.1, 0.15) is 0 Å². The minimum absolute atomic E-state index is 0.0379. The zero-order valence-electron chi connectivity index (χ0n) is 8.44. The molecule has 2 bridgehead atoms. The molecule has 2 aliphatic rings. The first-order chi connectivity index (χ1) is 6.72. The van der Waals surface area contributed by atoms with Crippen LogP contribution >= 0.6 is 0 Å². The van der Waals surface area contributed by atoms with Gasteiger partial charge in [0.05, 0.1) is 12.1 Å². The summed E-state index contributed by atoms with van der Waals surface area (Å²) >= 11 is 0. The van der Waals surface area contributed by atoms with Crippen molar-refractivity contribution in [2.75, 3.05) is 0 Å². The van der Waals surface area contributed by atoms with Crippen LogP contribution in [0.4, 0.5) is 0 Å². The number of nitrogens with one attached hydrogen (secondary N) is 1. The summed E-state index contributed by atoms with van der Waals surface area (Å²) in [4.78, 5) is 11.4. The molecule has 2 aliphatic carbocycles. The number of aliphatic hydroxyl groups is 1. The summed E-state index contributed by atoms with van der Waals surface area (Å²) in [5.41, 5.74) is 0. The minimum Gasteiger partial charge on any atom is -0.390 e. The molecule has 4 unspecified atom stereocenters. The van der Waals surface area contributed by atoms with Crippen molar-refractivity contribution in [3.05, 3.63) is 12.2 Å². The monoisotopic (exact) mass is 195 g/mol. The second-order valence-electron chi connectivity index (χ2n) is 4.28. The van der Waals surface area contributed by atoms with Gasteiger partial charge in [-0.1, -0.05) is 19.1 Å². The molecule has 0 spiro atoms. The Hall–Kier alpha value is -0.830. The van der Waals surface area contributed by atoms with Gasteiger partial charge in [0.2, 0.25) is 5.91 Å². The first-order valence-electron chi connectivity index (χ1n) is 5.38. The third kappa shape index (κ3) is 1.57. The van der Waals surface area contributed by atoms with Crippen LogP contribution in [0.3, 0.4) is 0 Å². The van der Waals surface area contributed by atoms with Crippen molar-refractivity contribution in [2.24, 2.45) is 11.8 Å². The molecule has 3 nitrogen and oxygen atoms in total. The van der Waals surface area contributed by atoms with Gasteiger partial charge in [-0.15, -0.1) is 0 Å². The lowest BCUT2D eigenvalue weighted by Gasteiger charge is -2.24. The second kappa shape index (κ2) is 3.73. The predicted octanol–water partition coefficient (Wildman–Crippen LogP) is 0.838. The normalized spacial score (nSPS) is 39.0. The number of fused-ring (bicyclic) bond motifs is 2. The van der Waals surface area contributed by atoms with Gasteiger partial charge in [-0.2, -0.15) is 0 Å². The van der Waals surface area contributed by atoms with Gasteiger partial charge in [-0.25, -0.2) is 0 Å². The van der Waals surface area contributed by atoms with Crippen LogP contribution in [0.1, 0.15) is 26.2 Å². The third-order valence-electron chi connectivity index (χ3n) is 3.22. The van der Waals surface area contributed by atoms with E-state index < -0.39 is 0 Å². The lowest BCUT2D eigenvalue weighted by atomic mass is 9.98. The summed E-state index contributed by atoms with van der Waals surface area (Å²) in [7, 11) is 0. The molecule has 1 saturated carbocycles. The molecular weight excluding hydrogens is 178 g/mol. The van der Waals surface area contributed by atoms with E-state index >= 15 is 0 Å². The highest BCUT2D eigenvalue weighted by Gasteiger charge is 2.44. The van der Waals surface area contributed by atoms with E-state index in [4.69, 9.17) is 0 Å². The van der Waals surface area contributed by atoms with Crippen molar-refractivity contribution < 1.29 is 9.90 Å². The number of carbonyl (C=O) groups excluding carboxylic acids is 1. The van der Waals surface area contributed by atoms with E-state index in [0.29, 0.717) is 12.3 Å². The molecule has 2 rings (SSSR count). The van der Waals surface area contributed by atoms with Crippen molar-refractivity contribution in [2.45, 2.75) is 38.3 Å². The van der Waals surface area contributed by atoms with Crippen LogP contribution in [0.2, 0.25) is 0 Å². The highest BCUT2D eigenvalue weighted by Crippen LogP contribution is 2.39. The van der Waals surface area contributed by atoms with Crippen molar-refractivity contribution in [1.29, 1.82) is 0 Å². The second-order valence-corrected chi connectivity index (χ2v) is 4.28. The fourth-order valence-electron chi connectivity index (χ4n) is 2.47. The summed E-state index contributed by atoms with van der Waals surface area (Å²) < 4.78 is 0. The highest BCUT2D eigenvalue weighted by atomic mass is 16.3. The van der Waals surface area contributed by atoms with Gasteiger partial charge >= 0.3 is 0 Å². The molecule has 0 aromatic carbocycles. The summed E-state index contributed by atoms with van der Waals surface area (Å²) in [6.07, 6.45) is 6.23. The van der Waals surface area contributed by atoms with Crippen LogP contribution in [-0.2, 0) is 4.79 Å². The Kier molecular flexibility index (Phi) is 2.59. The number of rotatable bonds is 3. The molecule has 1 amide bonds. The molecule has 0 aliphatic heterocycles. The Balaban J connectivity index is 1.93. The Bertz CT molecular complexity index is 262. The van der Waals surface area contributed by atoms with Crippen LogP contribution in [0.5, 0.6) is 0 Å². The van der Waals surface area contributed by atoms with E-state index in [1.807, 2.05) is 6.92 Å². The van der Waals surface area contributed by atoms with Crippen LogP contribution in [0, 0.1) is 11.8 Å². The maximum Gasteiger partial charge on any atom is 0.220 e. The summed E-state index contributed by atoms with van der Waals surface area (Å²) in [6.45, 7) is 1.98. The zero-order chi connectivity index (χ0) is 10.1. The van der Waals surface area contributed by atoms with Gasteiger partial charge in [-0.3, -0.25) is 4.79 Å². The molecule has 0 radical (unpaired) electrons. The lowest BCUT2D eigenvalue weighted by Crippen LogP contribution is -2.45. The van der Waals surface area contributed by atoms with Crippen molar-refractivity contribution in [3.8, 4) is 0 Å². The number of carbonyl (C=O) groups is 1. The van der Waals surface area contributed by atoms with Crippen LogP contribution in [-0.4, -0.2) is 23.2 Å². The standard InChI is InChI=1S/C11H17NO2/c1-2-3-9(13)12-10-7-4-5-8(6-7)11(10)14/h4-5,7-8,10-11,14H,2-3,6H2,1H3,(H,12,13). The van der Waals surface area contributed by atoms with Gasteiger partial charge < -0.3 is 10.4 Å². The number of hydrogen-bond acceptors (Lipinski definition) is 2. The van der Waals surface area contributed by atoms with E-state index in [1.165, 1.54) is 0 Å². The minimum atomic E-state index is -0.370. The summed E-state index contributed by atoms with van der Waals surface area (Å²) in [5, 5.41) is 12.8. The van der Waals surface area contributed by atoms with E-state index in [9.17, 15) is 9.90 Å². The maximum atomic E-state index is 11.4. The van der Waals surface area contributed by atoms with Crippen LogP contribution in [0.15, 0.2) is 12.2 Å². The molecule has 0 aromatic rings. The Morgan fingerprint density at radius 1 is 1.50 bits per heavy atom. The van der Waals surface area contributed by atoms with Crippen molar-refractivity contribution in [3.63, 3.8) is 0 Å². The molecule has 1 fully saturated rings. The summed E-state index contributed by atoms with van der Waals surface area (Å²) in [5.74, 6) is 0.695. The average molecular weight is 195 g/mol. The first-order valence-corrected chi connectivity index (χ1v) is 5.38. The van der Waals surface area contributed by atoms with Gasteiger partial charge in [0.25, 0.3) is 0 Å². The number of hydrogen-bond donors (Lipinski definition) is 2. The number of aliphatic hydroxyl groups excluding tert-OH is 1. The third-order valence-corrected chi connectivity index (χ3v) is 3.22. The highest BCUT2D eigenvalue weighted by molar-refractivity contribution is 5.76. The van der Waals surface area contributed by atoms with Crippen molar-refractivity contribution >= 4 is 5.91 Å². The van der Waals surface area contributed by atoms with Crippen molar-refractivity contribution in [1.82, 2.24) is 5.32 Å². The van der Waals surface area contributed by atoms with Crippen LogP contribution in [0.25, 0.3) is 0 Å². The Morgan fingerprint density at radius 2 is 2.21 bits per heavy atom. The molecule has 0 aromatic heterocycles. The van der Waals surface area contributed by atoms with Gasteiger partial charge in [0, 0.05) is 18.3 Å². The van der Waals surface area contributed by atoms with E-state index in [1.54, 1.807) is 0 Å². The van der Waals surface area contributed by atoms with E-state index in [-0.39, 0.29) is 24.0 Å². The lowest BCUT2D eigenvalue weighted by molar-refractivity contribution is -0.122. The molecule has 78 valence electrons. The quantitative estimate of drug-likeness (QED) is 0.656. The molecule has 3 heteroatoms. The fraction of sp³-hybridized carbons (Fsp3) is 0.727.